The van der Waals surface area contributed by atoms with Crippen LogP contribution in [0.25, 0.3) is 0 Å². The average molecular weight is 437 g/mol. The number of fused-ring (bicyclic) bond motifs is 4. The molecule has 1 spiro atoms. The smallest absolute Gasteiger partial charge is 0.169 e. The Labute approximate surface area is 193 Å². The standard InChI is InChI=1S/C29H40O3/c1-27(2)17-31-29(32-18-27)14-13-21-20(15-29)9-10-22-24-11-12-25(30)28(24,3)16-23(26(21)22)19-7-5-4-6-8-19/h4-8,20,22-25,30H,9-18H2,1-3H3/t20-,22?,23+,24?,25-,28-/m0/s1. The quantitative estimate of drug-likeness (QED) is 0.531. The summed E-state index contributed by atoms with van der Waals surface area (Å²) in [5, 5.41) is 11.0. The van der Waals surface area contributed by atoms with Gasteiger partial charge in [-0.25, -0.2) is 0 Å². The van der Waals surface area contributed by atoms with Crippen LogP contribution in [0.2, 0.25) is 0 Å². The molecule has 4 fully saturated rings. The Balaban J connectivity index is 1.37. The van der Waals surface area contributed by atoms with Crippen molar-refractivity contribution >= 4 is 0 Å². The van der Waals surface area contributed by atoms with Gasteiger partial charge in [0.25, 0.3) is 0 Å². The van der Waals surface area contributed by atoms with E-state index in [-0.39, 0.29) is 22.7 Å². The molecule has 0 amide bonds. The Kier molecular flexibility index (Phi) is 4.96. The number of aliphatic hydroxyl groups is 1. The Morgan fingerprint density at radius 3 is 2.41 bits per heavy atom. The molecule has 1 aromatic carbocycles. The normalized spacial score (nSPS) is 42.3. The van der Waals surface area contributed by atoms with E-state index in [0.717, 1.165) is 45.3 Å². The molecule has 3 nitrogen and oxygen atoms in total. The summed E-state index contributed by atoms with van der Waals surface area (Å²) in [5.74, 6) is 1.97. The molecule has 6 atom stereocenters. The van der Waals surface area contributed by atoms with E-state index >= 15 is 0 Å². The number of rotatable bonds is 1. The first kappa shape index (κ1) is 21.4. The molecule has 1 aliphatic heterocycles. The van der Waals surface area contributed by atoms with E-state index in [4.69, 9.17) is 9.47 Å². The highest BCUT2D eigenvalue weighted by Gasteiger charge is 2.57. The highest BCUT2D eigenvalue weighted by Crippen LogP contribution is 2.64. The minimum absolute atomic E-state index is 0.0547. The molecule has 3 saturated carbocycles. The molecule has 6 rings (SSSR count). The highest BCUT2D eigenvalue weighted by atomic mass is 16.7. The van der Waals surface area contributed by atoms with Crippen molar-refractivity contribution in [1.82, 2.24) is 0 Å². The van der Waals surface area contributed by atoms with Gasteiger partial charge in [-0.2, -0.15) is 0 Å². The molecule has 0 radical (unpaired) electrons. The van der Waals surface area contributed by atoms with E-state index in [9.17, 15) is 5.11 Å². The fraction of sp³-hybridized carbons (Fsp3) is 0.724. The Hall–Kier alpha value is -1.16. The van der Waals surface area contributed by atoms with Gasteiger partial charge in [0.15, 0.2) is 5.79 Å². The Morgan fingerprint density at radius 1 is 0.906 bits per heavy atom. The summed E-state index contributed by atoms with van der Waals surface area (Å²) in [5.41, 5.74) is 5.12. The van der Waals surface area contributed by atoms with Gasteiger partial charge in [0.2, 0.25) is 0 Å². The molecule has 1 aromatic rings. The first-order valence-electron chi connectivity index (χ1n) is 13.0. The number of benzene rings is 1. The van der Waals surface area contributed by atoms with Crippen molar-refractivity contribution in [2.45, 2.75) is 89.9 Å². The number of aliphatic hydroxyl groups excluding tert-OH is 1. The summed E-state index contributed by atoms with van der Waals surface area (Å²) >= 11 is 0. The number of allylic oxidation sites excluding steroid dienone is 2. The molecule has 2 unspecified atom stereocenters. The molecule has 1 saturated heterocycles. The number of hydrogen-bond acceptors (Lipinski definition) is 3. The van der Waals surface area contributed by atoms with E-state index in [1.165, 1.54) is 24.8 Å². The van der Waals surface area contributed by atoms with Gasteiger partial charge in [0.05, 0.1) is 19.3 Å². The van der Waals surface area contributed by atoms with Crippen LogP contribution >= 0.6 is 0 Å². The molecule has 1 N–H and O–H groups in total. The first-order chi connectivity index (χ1) is 15.3. The lowest BCUT2D eigenvalue weighted by molar-refractivity contribution is -0.312. The van der Waals surface area contributed by atoms with Crippen molar-refractivity contribution in [3.05, 3.63) is 47.0 Å². The van der Waals surface area contributed by atoms with Crippen molar-refractivity contribution in [3.8, 4) is 0 Å². The van der Waals surface area contributed by atoms with Crippen LogP contribution in [-0.2, 0) is 9.47 Å². The predicted molar refractivity (Wildman–Crippen MR) is 126 cm³/mol. The molecular formula is C29H40O3. The fourth-order valence-electron chi connectivity index (χ4n) is 8.18. The highest BCUT2D eigenvalue weighted by molar-refractivity contribution is 5.40. The maximum absolute atomic E-state index is 11.0. The van der Waals surface area contributed by atoms with E-state index in [2.05, 4.69) is 51.1 Å². The molecule has 5 aliphatic rings. The molecule has 32 heavy (non-hydrogen) atoms. The summed E-state index contributed by atoms with van der Waals surface area (Å²) in [6.07, 6.45) is 8.78. The van der Waals surface area contributed by atoms with Gasteiger partial charge in [-0.15, -0.1) is 0 Å². The lowest BCUT2D eigenvalue weighted by Gasteiger charge is -2.55. The minimum Gasteiger partial charge on any atom is -0.393 e. The molecule has 4 aliphatic carbocycles. The molecule has 0 bridgehead atoms. The second kappa shape index (κ2) is 7.42. The number of hydrogen-bond donors (Lipinski definition) is 1. The lowest BCUT2D eigenvalue weighted by atomic mass is 9.52. The summed E-state index contributed by atoms with van der Waals surface area (Å²) in [6, 6.07) is 11.2. The van der Waals surface area contributed by atoms with Crippen LogP contribution in [0.4, 0.5) is 0 Å². The SMILES string of the molecule is CC1(C)COC2(CCC3=C4C(CC[C@H]3C2)C2CC[C@H](O)[C@@]2(C)C[C@@H]4c2ccccc2)OC1. The molecule has 3 heteroatoms. The third kappa shape index (κ3) is 3.26. The van der Waals surface area contributed by atoms with E-state index < -0.39 is 0 Å². The molecule has 1 heterocycles. The van der Waals surface area contributed by atoms with Crippen LogP contribution in [0, 0.1) is 28.6 Å². The van der Waals surface area contributed by atoms with Gasteiger partial charge >= 0.3 is 0 Å². The van der Waals surface area contributed by atoms with Gasteiger partial charge in [0.1, 0.15) is 0 Å². The summed E-state index contributed by atoms with van der Waals surface area (Å²) < 4.78 is 12.9. The largest absolute Gasteiger partial charge is 0.393 e. The van der Waals surface area contributed by atoms with Gasteiger partial charge < -0.3 is 14.6 Å². The zero-order chi connectivity index (χ0) is 22.1. The molecule has 0 aromatic heterocycles. The second-order valence-corrected chi connectivity index (χ2v) is 12.6. The predicted octanol–water partition coefficient (Wildman–Crippen LogP) is 6.23. The van der Waals surface area contributed by atoms with Gasteiger partial charge in [-0.3, -0.25) is 0 Å². The number of ether oxygens (including phenoxy) is 2. The fourth-order valence-corrected chi connectivity index (χ4v) is 8.18. The van der Waals surface area contributed by atoms with Gasteiger partial charge in [-0.1, -0.05) is 62.2 Å². The van der Waals surface area contributed by atoms with Crippen molar-refractivity contribution in [1.29, 1.82) is 0 Å². The zero-order valence-electron chi connectivity index (χ0n) is 20.1. The van der Waals surface area contributed by atoms with Crippen LogP contribution < -0.4 is 0 Å². The maximum Gasteiger partial charge on any atom is 0.169 e. The maximum atomic E-state index is 11.0. The van der Waals surface area contributed by atoms with Crippen LogP contribution in [-0.4, -0.2) is 30.2 Å². The van der Waals surface area contributed by atoms with Crippen LogP contribution in [0.3, 0.4) is 0 Å². The minimum atomic E-state index is -0.355. The van der Waals surface area contributed by atoms with Crippen LogP contribution in [0.15, 0.2) is 41.5 Å². The van der Waals surface area contributed by atoms with Crippen molar-refractivity contribution in [2.24, 2.45) is 28.6 Å². The third-order valence-corrected chi connectivity index (χ3v) is 9.94. The third-order valence-electron chi connectivity index (χ3n) is 9.94. The van der Waals surface area contributed by atoms with Crippen molar-refractivity contribution in [2.75, 3.05) is 13.2 Å². The lowest BCUT2D eigenvalue weighted by Crippen LogP contribution is -2.52. The average Bonchev–Trinajstić information content (AvgIpc) is 3.10. The second-order valence-electron chi connectivity index (χ2n) is 12.6. The first-order valence-corrected chi connectivity index (χ1v) is 13.0. The van der Waals surface area contributed by atoms with E-state index in [1.54, 1.807) is 11.1 Å². The van der Waals surface area contributed by atoms with E-state index in [0.29, 0.717) is 23.7 Å². The Bertz CT molecular complexity index is 892. The topological polar surface area (TPSA) is 38.7 Å². The van der Waals surface area contributed by atoms with Crippen LogP contribution in [0.5, 0.6) is 0 Å². The van der Waals surface area contributed by atoms with E-state index in [1.807, 2.05) is 0 Å². The summed E-state index contributed by atoms with van der Waals surface area (Å²) in [4.78, 5) is 0. The summed E-state index contributed by atoms with van der Waals surface area (Å²) in [7, 11) is 0. The van der Waals surface area contributed by atoms with Crippen molar-refractivity contribution in [3.63, 3.8) is 0 Å². The van der Waals surface area contributed by atoms with Gasteiger partial charge in [-0.05, 0) is 67.3 Å². The monoisotopic (exact) mass is 436 g/mol. The van der Waals surface area contributed by atoms with Crippen molar-refractivity contribution < 1.29 is 14.6 Å². The summed E-state index contributed by atoms with van der Waals surface area (Å²) in [6.45, 7) is 8.47. The Morgan fingerprint density at radius 2 is 1.66 bits per heavy atom. The molecular weight excluding hydrogens is 396 g/mol. The zero-order valence-corrected chi connectivity index (χ0v) is 20.1. The van der Waals surface area contributed by atoms with Crippen LogP contribution in [0.1, 0.15) is 83.6 Å². The van der Waals surface area contributed by atoms with Gasteiger partial charge in [0, 0.05) is 24.2 Å². The molecule has 174 valence electrons.